The van der Waals surface area contributed by atoms with Gasteiger partial charge in [0.1, 0.15) is 36.1 Å². The molecule has 1 aliphatic heterocycles. The van der Waals surface area contributed by atoms with Gasteiger partial charge < -0.3 is 14.4 Å². The molecule has 4 rings (SSSR count). The Morgan fingerprint density at radius 3 is 2.67 bits per heavy atom. The van der Waals surface area contributed by atoms with Crippen molar-refractivity contribution in [3.8, 4) is 17.3 Å². The monoisotopic (exact) mass is 622 g/mol. The second-order valence-electron chi connectivity index (χ2n) is 10.8. The van der Waals surface area contributed by atoms with Crippen LogP contribution in [0.5, 0.6) is 0 Å². The van der Waals surface area contributed by atoms with Gasteiger partial charge in [-0.1, -0.05) is 13.8 Å². The zero-order chi connectivity index (χ0) is 30.9. The van der Waals surface area contributed by atoms with E-state index in [1.807, 2.05) is 0 Å². The molecule has 15 nitrogen and oxygen atoms in total. The van der Waals surface area contributed by atoms with Gasteiger partial charge in [-0.2, -0.15) is 14.7 Å². The fourth-order valence-electron chi connectivity index (χ4n) is 4.72. The van der Waals surface area contributed by atoms with Crippen molar-refractivity contribution in [2.24, 2.45) is 5.92 Å². The van der Waals surface area contributed by atoms with Crippen LogP contribution in [0.2, 0.25) is 0 Å². The van der Waals surface area contributed by atoms with Crippen molar-refractivity contribution in [2.75, 3.05) is 32.3 Å². The highest BCUT2D eigenvalue weighted by molar-refractivity contribution is 7.89. The number of nitrogens with one attached hydrogen (secondary N) is 1. The van der Waals surface area contributed by atoms with Crippen molar-refractivity contribution in [3.63, 3.8) is 0 Å². The smallest absolute Gasteiger partial charge is 0.324 e. The van der Waals surface area contributed by atoms with Gasteiger partial charge in [-0.15, -0.1) is 0 Å². The van der Waals surface area contributed by atoms with Crippen LogP contribution in [0.4, 0.5) is 0 Å². The van der Waals surface area contributed by atoms with Crippen LogP contribution in [0.15, 0.2) is 31.0 Å². The molecule has 4 heterocycles. The number of hydrogen-bond donors (Lipinski definition) is 2. The first kappa shape index (κ1) is 31.7. The van der Waals surface area contributed by atoms with Crippen LogP contribution in [0.1, 0.15) is 34.1 Å². The lowest BCUT2D eigenvalue weighted by molar-refractivity contribution is -0.145. The number of hydrogen-bond acceptors (Lipinski definition) is 10. The fraction of sp³-hybridized carbons (Fsp3) is 0.560. The maximum atomic E-state index is 13.6. The minimum atomic E-state index is -3.78. The predicted molar refractivity (Wildman–Crippen MR) is 153 cm³/mol. The number of methoxy groups -OCH3 is 1. The van der Waals surface area contributed by atoms with Crippen molar-refractivity contribution in [2.45, 2.75) is 51.9 Å². The number of nitriles is 1. The highest BCUT2D eigenvalue weighted by atomic mass is 32.2. The summed E-state index contributed by atoms with van der Waals surface area (Å²) in [6, 6.07) is 3.91. The topological polar surface area (TPSA) is 195 Å². The van der Waals surface area contributed by atoms with Crippen LogP contribution in [0.25, 0.3) is 22.3 Å². The zero-order valence-electron chi connectivity index (χ0n) is 24.1. The van der Waals surface area contributed by atoms with E-state index in [-0.39, 0.29) is 38.3 Å². The minimum absolute atomic E-state index is 0.0206. The van der Waals surface area contributed by atoms with Crippen molar-refractivity contribution >= 4 is 34.5 Å². The fourth-order valence-corrected chi connectivity index (χ4v) is 7.88. The Kier molecular flexibility index (Phi) is 8.94. The first-order valence-corrected chi connectivity index (χ1v) is 16.6. The summed E-state index contributed by atoms with van der Waals surface area (Å²) in [6.07, 6.45) is 6.12. The summed E-state index contributed by atoms with van der Waals surface area (Å²) in [4.78, 5) is 20.8. The lowest BCUT2D eigenvalue weighted by Gasteiger charge is -2.47. The number of carboxylic acid groups (broad SMARTS) is 1. The number of rotatable bonds is 14. The summed E-state index contributed by atoms with van der Waals surface area (Å²) < 4.78 is 53.6. The first-order valence-electron chi connectivity index (χ1n) is 13.2. The molecule has 1 fully saturated rings. The van der Waals surface area contributed by atoms with E-state index in [0.717, 1.165) is 0 Å². The maximum absolute atomic E-state index is 13.6. The molecule has 0 spiro atoms. The van der Waals surface area contributed by atoms with Gasteiger partial charge in [-0.3, -0.25) is 18.6 Å². The molecule has 0 saturated carbocycles. The summed E-state index contributed by atoms with van der Waals surface area (Å²) in [7, 11) is -5.82. The standard InChI is InChI=1S/C25H35N8O7PS/c1-6-42(37,38)32-13-25(14-32,8-9-26)33-12-19(11-29-33)21-20-7-10-31(22(20)28-15-27-21)16-40-41(36,17-39-5)30-24(4,18(2)3)23(34)35/h7,10-12,15,18H,6,8,13-14,16-17H2,1-5H3,(H,30,36)(H,34,35)/t24-,41?/m0/s1. The van der Waals surface area contributed by atoms with Crippen molar-refractivity contribution in [1.29, 1.82) is 5.26 Å². The molecule has 0 bridgehead atoms. The normalized spacial score (nSPS) is 18.3. The Labute approximate surface area is 244 Å². The largest absolute Gasteiger partial charge is 0.480 e. The molecule has 2 N–H and O–H groups in total. The molecule has 0 amide bonds. The molecule has 42 heavy (non-hydrogen) atoms. The minimum Gasteiger partial charge on any atom is -0.480 e. The molecule has 0 aliphatic carbocycles. The van der Waals surface area contributed by atoms with E-state index in [9.17, 15) is 28.1 Å². The lowest BCUT2D eigenvalue weighted by atomic mass is 9.89. The number of aromatic nitrogens is 5. The molecule has 1 unspecified atom stereocenters. The highest BCUT2D eigenvalue weighted by Gasteiger charge is 2.50. The quantitative estimate of drug-likeness (QED) is 0.250. The SMILES string of the molecule is CCS(=O)(=O)N1CC(CC#N)(n2cc(-c3ncnc4c3ccn4COP(=O)(COC)N[C@](C)(C(=O)O)C(C)C)cn2)C1. The molecule has 17 heteroatoms. The highest BCUT2D eigenvalue weighted by Crippen LogP contribution is 2.46. The predicted octanol–water partition coefficient (Wildman–Crippen LogP) is 2.43. The number of fused-ring (bicyclic) bond motifs is 1. The Balaban J connectivity index is 1.59. The number of aliphatic carboxylic acids is 1. The summed E-state index contributed by atoms with van der Waals surface area (Å²) in [5.41, 5.74) is -0.653. The molecule has 1 saturated heterocycles. The van der Waals surface area contributed by atoms with Gasteiger partial charge in [-0.05, 0) is 25.8 Å². The van der Waals surface area contributed by atoms with Crippen LogP contribution >= 0.6 is 7.52 Å². The number of sulfonamides is 1. The number of nitrogens with zero attached hydrogens (tertiary/aromatic N) is 7. The summed E-state index contributed by atoms with van der Waals surface area (Å²) in [6.45, 7) is 6.52. The third kappa shape index (κ3) is 5.85. The van der Waals surface area contributed by atoms with E-state index in [0.29, 0.717) is 22.3 Å². The molecule has 228 valence electrons. The van der Waals surface area contributed by atoms with Crippen molar-refractivity contribution in [3.05, 3.63) is 31.0 Å². The maximum Gasteiger partial charge on any atom is 0.324 e. The van der Waals surface area contributed by atoms with Crippen LogP contribution in [0.3, 0.4) is 0 Å². The van der Waals surface area contributed by atoms with E-state index in [4.69, 9.17) is 9.26 Å². The first-order chi connectivity index (χ1) is 19.7. The van der Waals surface area contributed by atoms with Crippen LogP contribution in [-0.2, 0) is 40.9 Å². The van der Waals surface area contributed by atoms with E-state index in [1.165, 1.54) is 24.7 Å². The van der Waals surface area contributed by atoms with E-state index in [2.05, 4.69) is 26.2 Å². The molecule has 0 radical (unpaired) electrons. The Bertz CT molecular complexity index is 1660. The van der Waals surface area contributed by atoms with Gasteiger partial charge in [0.25, 0.3) is 7.52 Å². The third-order valence-corrected chi connectivity index (χ3v) is 11.4. The number of ether oxygens (including phenoxy) is 1. The summed E-state index contributed by atoms with van der Waals surface area (Å²) >= 11 is 0. The Hall–Kier alpha value is -3.19. The van der Waals surface area contributed by atoms with Crippen LogP contribution in [-0.4, -0.2) is 86.0 Å². The number of carboxylic acids is 1. The van der Waals surface area contributed by atoms with Gasteiger partial charge in [-0.25, -0.2) is 23.5 Å². The van der Waals surface area contributed by atoms with Crippen LogP contribution in [0, 0.1) is 17.2 Å². The lowest BCUT2D eigenvalue weighted by Crippen LogP contribution is -2.64. The molecule has 1 aliphatic rings. The molecule has 2 atom stereocenters. The van der Waals surface area contributed by atoms with Crippen molar-refractivity contribution < 1.29 is 32.1 Å². The summed E-state index contributed by atoms with van der Waals surface area (Å²) in [5, 5.41) is 27.0. The molecular formula is C25H35N8O7PS. The average molecular weight is 623 g/mol. The van der Waals surface area contributed by atoms with Gasteiger partial charge in [0.2, 0.25) is 10.0 Å². The Morgan fingerprint density at radius 2 is 2.07 bits per heavy atom. The zero-order valence-corrected chi connectivity index (χ0v) is 25.8. The molecular weight excluding hydrogens is 587 g/mol. The summed E-state index contributed by atoms with van der Waals surface area (Å²) in [5.74, 6) is -1.59. The van der Waals surface area contributed by atoms with Gasteiger partial charge in [0.05, 0.1) is 30.1 Å². The molecule has 3 aromatic heterocycles. The van der Waals surface area contributed by atoms with Gasteiger partial charge in [0, 0.05) is 43.5 Å². The van der Waals surface area contributed by atoms with Crippen molar-refractivity contribution in [1.82, 2.24) is 33.7 Å². The van der Waals surface area contributed by atoms with E-state index >= 15 is 0 Å². The second-order valence-corrected chi connectivity index (χ2v) is 15.1. The molecule has 0 aromatic carbocycles. The Morgan fingerprint density at radius 1 is 1.36 bits per heavy atom. The number of carbonyl (C=O) groups is 1. The van der Waals surface area contributed by atoms with E-state index < -0.39 is 40.5 Å². The molecule has 3 aromatic rings. The van der Waals surface area contributed by atoms with Crippen LogP contribution < -0.4 is 5.09 Å². The third-order valence-electron chi connectivity index (χ3n) is 7.71. The van der Waals surface area contributed by atoms with Gasteiger partial charge in [0.15, 0.2) is 0 Å². The average Bonchev–Trinajstić information content (AvgIpc) is 3.57. The van der Waals surface area contributed by atoms with E-state index in [1.54, 1.807) is 54.7 Å². The van der Waals surface area contributed by atoms with Gasteiger partial charge >= 0.3 is 5.97 Å². The second kappa shape index (κ2) is 11.8.